The Bertz CT molecular complexity index is 661. The third-order valence-corrected chi connectivity index (χ3v) is 3.02. The van der Waals surface area contributed by atoms with Crippen molar-refractivity contribution in [2.45, 2.75) is 20.8 Å². The molecule has 0 saturated heterocycles. The average molecular weight is 271 g/mol. The van der Waals surface area contributed by atoms with Gasteiger partial charge in [-0.05, 0) is 20.8 Å². The van der Waals surface area contributed by atoms with Gasteiger partial charge in [0.2, 0.25) is 0 Å². The summed E-state index contributed by atoms with van der Waals surface area (Å²) in [6.07, 6.45) is 0. The standard InChI is InChI=1S/C13H17N7/c1-5-19(4)13-10(7-14)12(15)20(18-13)11-6-8(2)16-9(3)17-11/h6H,5,15H2,1-4H3. The topological polar surface area (TPSA) is 96.7 Å². The van der Waals surface area contributed by atoms with Gasteiger partial charge in [0, 0.05) is 25.4 Å². The molecule has 0 radical (unpaired) electrons. The summed E-state index contributed by atoms with van der Waals surface area (Å²) in [6.45, 7) is 6.39. The number of nitrogens with zero attached hydrogens (tertiary/aromatic N) is 6. The van der Waals surface area contributed by atoms with Gasteiger partial charge < -0.3 is 10.6 Å². The molecular weight excluding hydrogens is 254 g/mol. The minimum absolute atomic E-state index is 0.292. The second kappa shape index (κ2) is 5.17. The fraction of sp³-hybridized carbons (Fsp3) is 0.385. The van der Waals surface area contributed by atoms with E-state index in [0.29, 0.717) is 28.8 Å². The molecule has 0 amide bonds. The zero-order chi connectivity index (χ0) is 14.9. The molecule has 0 atom stereocenters. The van der Waals surface area contributed by atoms with Crippen molar-refractivity contribution >= 4 is 11.6 Å². The number of anilines is 2. The first-order valence-corrected chi connectivity index (χ1v) is 6.30. The molecule has 0 aliphatic heterocycles. The monoisotopic (exact) mass is 271 g/mol. The van der Waals surface area contributed by atoms with Crippen LogP contribution in [-0.4, -0.2) is 33.3 Å². The Morgan fingerprint density at radius 1 is 1.40 bits per heavy atom. The first kappa shape index (κ1) is 13.8. The molecule has 2 rings (SSSR count). The number of rotatable bonds is 3. The largest absolute Gasteiger partial charge is 0.382 e. The zero-order valence-corrected chi connectivity index (χ0v) is 12.0. The molecular formula is C13H17N7. The van der Waals surface area contributed by atoms with E-state index in [2.05, 4.69) is 21.1 Å². The molecule has 2 N–H and O–H groups in total. The minimum Gasteiger partial charge on any atom is -0.382 e. The van der Waals surface area contributed by atoms with Crippen molar-refractivity contribution in [2.24, 2.45) is 0 Å². The molecule has 0 unspecified atom stereocenters. The van der Waals surface area contributed by atoms with Crippen LogP contribution >= 0.6 is 0 Å². The highest BCUT2D eigenvalue weighted by Gasteiger charge is 2.19. The Morgan fingerprint density at radius 3 is 2.65 bits per heavy atom. The highest BCUT2D eigenvalue weighted by atomic mass is 15.4. The van der Waals surface area contributed by atoms with Crippen LogP contribution in [0.15, 0.2) is 6.07 Å². The maximum atomic E-state index is 9.27. The molecule has 0 aromatic carbocycles. The van der Waals surface area contributed by atoms with Crippen LogP contribution in [0.25, 0.3) is 5.82 Å². The molecule has 2 aromatic heterocycles. The Labute approximate surface area is 117 Å². The van der Waals surface area contributed by atoms with Crippen LogP contribution < -0.4 is 10.6 Å². The molecule has 0 aliphatic carbocycles. The highest BCUT2D eigenvalue weighted by molar-refractivity contribution is 5.66. The summed E-state index contributed by atoms with van der Waals surface area (Å²) in [4.78, 5) is 10.4. The Balaban J connectivity index is 2.64. The second-order valence-electron chi connectivity index (χ2n) is 4.54. The number of hydrogen-bond acceptors (Lipinski definition) is 6. The number of nitrogen functional groups attached to an aromatic ring is 1. The van der Waals surface area contributed by atoms with Crippen molar-refractivity contribution in [2.75, 3.05) is 24.2 Å². The SMILES string of the molecule is CCN(C)c1nn(-c2cc(C)nc(C)n2)c(N)c1C#N. The van der Waals surface area contributed by atoms with Gasteiger partial charge in [0.1, 0.15) is 23.3 Å². The molecule has 0 bridgehead atoms. The number of hydrogen-bond donors (Lipinski definition) is 1. The van der Waals surface area contributed by atoms with E-state index < -0.39 is 0 Å². The van der Waals surface area contributed by atoms with E-state index in [1.807, 2.05) is 25.8 Å². The van der Waals surface area contributed by atoms with Crippen molar-refractivity contribution in [1.29, 1.82) is 5.26 Å². The van der Waals surface area contributed by atoms with Crippen LogP contribution in [0.4, 0.5) is 11.6 Å². The van der Waals surface area contributed by atoms with E-state index in [1.54, 1.807) is 13.0 Å². The summed E-state index contributed by atoms with van der Waals surface area (Å²) in [7, 11) is 1.86. The summed E-state index contributed by atoms with van der Waals surface area (Å²) in [5.41, 5.74) is 7.22. The van der Waals surface area contributed by atoms with Crippen molar-refractivity contribution < 1.29 is 0 Å². The summed E-state index contributed by atoms with van der Waals surface area (Å²) in [5.74, 6) is 2.06. The third kappa shape index (κ3) is 2.28. The van der Waals surface area contributed by atoms with Crippen LogP contribution in [0.3, 0.4) is 0 Å². The summed E-state index contributed by atoms with van der Waals surface area (Å²) in [6, 6.07) is 3.89. The van der Waals surface area contributed by atoms with Gasteiger partial charge in [-0.2, -0.15) is 9.94 Å². The average Bonchev–Trinajstić information content (AvgIpc) is 2.73. The van der Waals surface area contributed by atoms with Crippen LogP contribution in [0, 0.1) is 25.2 Å². The maximum absolute atomic E-state index is 9.27. The lowest BCUT2D eigenvalue weighted by Gasteiger charge is -2.12. The van der Waals surface area contributed by atoms with Crippen molar-refractivity contribution in [3.8, 4) is 11.9 Å². The minimum atomic E-state index is 0.292. The van der Waals surface area contributed by atoms with E-state index in [4.69, 9.17) is 5.73 Å². The first-order chi connectivity index (χ1) is 9.47. The van der Waals surface area contributed by atoms with Crippen LogP contribution in [-0.2, 0) is 0 Å². The summed E-state index contributed by atoms with van der Waals surface area (Å²) in [5, 5.41) is 13.7. The van der Waals surface area contributed by atoms with Gasteiger partial charge in [-0.3, -0.25) is 0 Å². The molecule has 2 aromatic rings. The van der Waals surface area contributed by atoms with E-state index in [1.165, 1.54) is 4.68 Å². The quantitative estimate of drug-likeness (QED) is 0.900. The van der Waals surface area contributed by atoms with Gasteiger partial charge in [0.15, 0.2) is 11.6 Å². The molecule has 0 saturated carbocycles. The summed E-state index contributed by atoms with van der Waals surface area (Å²) >= 11 is 0. The number of aryl methyl sites for hydroxylation is 2. The normalized spacial score (nSPS) is 10.3. The van der Waals surface area contributed by atoms with Gasteiger partial charge in [-0.1, -0.05) is 0 Å². The summed E-state index contributed by atoms with van der Waals surface area (Å²) < 4.78 is 1.49. The van der Waals surface area contributed by atoms with E-state index >= 15 is 0 Å². The smallest absolute Gasteiger partial charge is 0.171 e. The Morgan fingerprint density at radius 2 is 2.10 bits per heavy atom. The lowest BCUT2D eigenvalue weighted by molar-refractivity contribution is 0.813. The lowest BCUT2D eigenvalue weighted by Crippen LogP contribution is -2.17. The molecule has 7 nitrogen and oxygen atoms in total. The molecule has 7 heteroatoms. The zero-order valence-electron chi connectivity index (χ0n) is 12.0. The van der Waals surface area contributed by atoms with Gasteiger partial charge in [-0.25, -0.2) is 9.97 Å². The van der Waals surface area contributed by atoms with Crippen LogP contribution in [0.2, 0.25) is 0 Å². The lowest BCUT2D eigenvalue weighted by atomic mass is 10.3. The van der Waals surface area contributed by atoms with Gasteiger partial charge >= 0.3 is 0 Å². The molecule has 0 spiro atoms. The molecule has 2 heterocycles. The van der Waals surface area contributed by atoms with Crippen LogP contribution in [0.1, 0.15) is 24.0 Å². The number of nitriles is 1. The second-order valence-corrected chi connectivity index (χ2v) is 4.54. The molecule has 0 aliphatic rings. The number of nitrogens with two attached hydrogens (primary N) is 1. The molecule has 104 valence electrons. The highest BCUT2D eigenvalue weighted by Crippen LogP contribution is 2.25. The first-order valence-electron chi connectivity index (χ1n) is 6.30. The van der Waals surface area contributed by atoms with Crippen molar-refractivity contribution in [3.05, 3.63) is 23.1 Å². The van der Waals surface area contributed by atoms with E-state index in [-0.39, 0.29) is 0 Å². The maximum Gasteiger partial charge on any atom is 0.171 e. The molecule has 20 heavy (non-hydrogen) atoms. The fourth-order valence-corrected chi connectivity index (χ4v) is 1.92. The Hall–Kier alpha value is -2.62. The molecule has 0 fully saturated rings. The van der Waals surface area contributed by atoms with Gasteiger partial charge in [-0.15, -0.1) is 5.10 Å². The van der Waals surface area contributed by atoms with Gasteiger partial charge in [0.05, 0.1) is 0 Å². The fourth-order valence-electron chi connectivity index (χ4n) is 1.92. The van der Waals surface area contributed by atoms with Crippen molar-refractivity contribution in [3.63, 3.8) is 0 Å². The van der Waals surface area contributed by atoms with Gasteiger partial charge in [0.25, 0.3) is 0 Å². The van der Waals surface area contributed by atoms with E-state index in [9.17, 15) is 5.26 Å². The third-order valence-electron chi connectivity index (χ3n) is 3.02. The van der Waals surface area contributed by atoms with Crippen molar-refractivity contribution in [1.82, 2.24) is 19.7 Å². The van der Waals surface area contributed by atoms with E-state index in [0.717, 1.165) is 12.2 Å². The predicted octanol–water partition coefficient (Wildman–Crippen LogP) is 1.19. The Kier molecular flexibility index (Phi) is 3.57. The van der Waals surface area contributed by atoms with Crippen LogP contribution in [0.5, 0.6) is 0 Å². The predicted molar refractivity (Wildman–Crippen MR) is 76.7 cm³/mol. The number of aromatic nitrogens is 4.